The summed E-state index contributed by atoms with van der Waals surface area (Å²) in [5, 5.41) is 0. The van der Waals surface area contributed by atoms with E-state index < -0.39 is 29.3 Å². The summed E-state index contributed by atoms with van der Waals surface area (Å²) in [5.41, 5.74) is -0.894. The highest BCUT2D eigenvalue weighted by Crippen LogP contribution is 2.68. The Morgan fingerprint density at radius 2 is 1.61 bits per heavy atom. The molecule has 6 saturated carbocycles. The van der Waals surface area contributed by atoms with Crippen LogP contribution in [0.15, 0.2) is 0 Å². The highest BCUT2D eigenvalue weighted by Gasteiger charge is 2.64. The second-order valence-electron chi connectivity index (χ2n) is 15.3. The standard InChI is InChI=1S/C33H46O8/c1-5-15(30(35)40-27-19-11-21-22(12-19)31(36)41-28(21)27)8-20(29(34)38-4)14-33(2,3)32(37)39-24-13-18-10-23(24)26-17-7-6-16(9-17)25(18)26/h15-28H,5-14H2,1-4H3. The molecular formula is C33H46O8. The van der Waals surface area contributed by atoms with Crippen molar-refractivity contribution in [3.05, 3.63) is 0 Å². The minimum Gasteiger partial charge on any atom is -0.469 e. The minimum absolute atomic E-state index is 0.00616. The van der Waals surface area contributed by atoms with Gasteiger partial charge >= 0.3 is 23.9 Å². The number of methoxy groups -OCH3 is 1. The van der Waals surface area contributed by atoms with Gasteiger partial charge in [-0.15, -0.1) is 0 Å². The maximum atomic E-state index is 13.6. The molecule has 0 N–H and O–H groups in total. The molecule has 8 heteroatoms. The molecule has 0 aromatic rings. The van der Waals surface area contributed by atoms with Gasteiger partial charge < -0.3 is 18.9 Å². The molecule has 0 amide bonds. The van der Waals surface area contributed by atoms with Crippen molar-refractivity contribution in [3.8, 4) is 0 Å². The quantitative estimate of drug-likeness (QED) is 0.211. The summed E-state index contributed by atoms with van der Waals surface area (Å²) in [4.78, 5) is 52.0. The Hall–Kier alpha value is -2.12. The predicted molar refractivity (Wildman–Crippen MR) is 146 cm³/mol. The van der Waals surface area contributed by atoms with E-state index >= 15 is 0 Å². The summed E-state index contributed by atoms with van der Waals surface area (Å²) in [5.74, 6) is 2.46. The fraction of sp³-hybridized carbons (Fsp3) is 0.879. The van der Waals surface area contributed by atoms with Crippen LogP contribution < -0.4 is 0 Å². The first-order chi connectivity index (χ1) is 19.6. The highest BCUT2D eigenvalue weighted by atomic mass is 16.6. The minimum atomic E-state index is -0.894. The van der Waals surface area contributed by atoms with E-state index in [1.54, 1.807) is 0 Å². The SMILES string of the molecule is CCC(CC(CC(C)(C)C(=O)OC1CC2CC1C1C3CCC(C3)C21)C(=O)OC)C(=O)OC1C2CC3C(=O)OC1C3C2. The summed E-state index contributed by atoms with van der Waals surface area (Å²) in [7, 11) is 1.35. The van der Waals surface area contributed by atoms with Crippen molar-refractivity contribution >= 4 is 23.9 Å². The van der Waals surface area contributed by atoms with E-state index in [0.717, 1.165) is 42.9 Å². The van der Waals surface area contributed by atoms with E-state index in [9.17, 15) is 19.2 Å². The van der Waals surface area contributed by atoms with Crippen molar-refractivity contribution in [2.45, 2.75) is 103 Å². The molecule has 0 aromatic heterocycles. The average molecular weight is 571 g/mol. The number of ether oxygens (including phenoxy) is 4. The molecule has 7 aliphatic rings. The molecule has 7 rings (SSSR count). The number of esters is 4. The van der Waals surface area contributed by atoms with Gasteiger partial charge in [0.15, 0.2) is 0 Å². The molecule has 14 atom stereocenters. The van der Waals surface area contributed by atoms with Gasteiger partial charge in [0, 0.05) is 11.8 Å². The molecule has 8 nitrogen and oxygen atoms in total. The van der Waals surface area contributed by atoms with Gasteiger partial charge in [0.05, 0.1) is 30.3 Å². The van der Waals surface area contributed by atoms with E-state index in [0.29, 0.717) is 18.3 Å². The first kappa shape index (κ1) is 27.7. The summed E-state index contributed by atoms with van der Waals surface area (Å²) in [6.45, 7) is 5.60. The van der Waals surface area contributed by atoms with Gasteiger partial charge in [-0.1, -0.05) is 6.92 Å². The largest absolute Gasteiger partial charge is 0.469 e. The monoisotopic (exact) mass is 570 g/mol. The number of hydrogen-bond donors (Lipinski definition) is 0. The molecule has 0 spiro atoms. The fourth-order valence-electron chi connectivity index (χ4n) is 11.1. The van der Waals surface area contributed by atoms with Gasteiger partial charge in [-0.05, 0) is 114 Å². The molecular weight excluding hydrogens is 524 g/mol. The van der Waals surface area contributed by atoms with E-state index in [1.165, 1.54) is 32.8 Å². The zero-order valence-corrected chi connectivity index (χ0v) is 24.9. The van der Waals surface area contributed by atoms with Crippen molar-refractivity contribution in [3.63, 3.8) is 0 Å². The second-order valence-corrected chi connectivity index (χ2v) is 15.3. The Labute approximate surface area is 242 Å². The normalized spacial score (nSPS) is 44.0. The van der Waals surface area contributed by atoms with Gasteiger partial charge in [-0.2, -0.15) is 0 Å². The maximum Gasteiger partial charge on any atom is 0.311 e. The van der Waals surface area contributed by atoms with Crippen LogP contribution in [0.5, 0.6) is 0 Å². The molecule has 1 aliphatic heterocycles. The van der Waals surface area contributed by atoms with Crippen LogP contribution in [0.4, 0.5) is 0 Å². The zero-order chi connectivity index (χ0) is 28.8. The second kappa shape index (κ2) is 9.97. The number of fused-ring (bicyclic) bond motifs is 10. The van der Waals surface area contributed by atoms with E-state index in [-0.39, 0.29) is 60.7 Å². The lowest BCUT2D eigenvalue weighted by Crippen LogP contribution is -2.41. The van der Waals surface area contributed by atoms with Crippen LogP contribution >= 0.6 is 0 Å². The van der Waals surface area contributed by atoms with Crippen molar-refractivity contribution < 1.29 is 38.1 Å². The Balaban J connectivity index is 0.976. The maximum absolute atomic E-state index is 13.6. The molecule has 1 saturated heterocycles. The topological polar surface area (TPSA) is 105 Å². The molecule has 1 heterocycles. The van der Waals surface area contributed by atoms with Crippen LogP contribution in [0.25, 0.3) is 0 Å². The summed E-state index contributed by atoms with van der Waals surface area (Å²) in [6, 6.07) is 0. The Kier molecular flexibility index (Phi) is 6.74. The van der Waals surface area contributed by atoms with Gasteiger partial charge in [0.2, 0.25) is 0 Å². The van der Waals surface area contributed by atoms with E-state index in [4.69, 9.17) is 18.9 Å². The third kappa shape index (κ3) is 4.35. The van der Waals surface area contributed by atoms with Gasteiger partial charge in [-0.25, -0.2) is 0 Å². The molecule has 14 unspecified atom stereocenters. The lowest BCUT2D eigenvalue weighted by molar-refractivity contribution is -0.168. The third-order valence-corrected chi connectivity index (χ3v) is 12.8. The van der Waals surface area contributed by atoms with Crippen molar-refractivity contribution in [2.24, 2.45) is 70.5 Å². The van der Waals surface area contributed by atoms with Gasteiger partial charge in [-0.3, -0.25) is 19.2 Å². The number of rotatable bonds is 10. The molecule has 0 aromatic carbocycles. The first-order valence-electron chi connectivity index (χ1n) is 16.3. The predicted octanol–water partition coefficient (Wildman–Crippen LogP) is 4.72. The average Bonchev–Trinajstić information content (AvgIpc) is 3.78. The molecule has 0 radical (unpaired) electrons. The summed E-state index contributed by atoms with van der Waals surface area (Å²) in [6.07, 6.45) is 8.14. The van der Waals surface area contributed by atoms with Crippen LogP contribution in [0.1, 0.15) is 85.0 Å². The van der Waals surface area contributed by atoms with Crippen molar-refractivity contribution in [2.75, 3.05) is 7.11 Å². The van der Waals surface area contributed by atoms with Crippen molar-refractivity contribution in [1.29, 1.82) is 0 Å². The lowest BCUT2D eigenvalue weighted by Gasteiger charge is -2.39. The molecule has 226 valence electrons. The zero-order valence-electron chi connectivity index (χ0n) is 24.9. The Bertz CT molecular complexity index is 1110. The Morgan fingerprint density at radius 1 is 0.878 bits per heavy atom. The molecule has 6 aliphatic carbocycles. The highest BCUT2D eigenvalue weighted by molar-refractivity contribution is 5.80. The number of hydrogen-bond acceptors (Lipinski definition) is 8. The number of carbonyl (C=O) groups is 4. The van der Waals surface area contributed by atoms with Crippen LogP contribution in [0, 0.1) is 70.5 Å². The summed E-state index contributed by atoms with van der Waals surface area (Å²) < 4.78 is 22.9. The van der Waals surface area contributed by atoms with Crippen LogP contribution in [-0.2, 0) is 38.1 Å². The Morgan fingerprint density at radius 3 is 2.34 bits per heavy atom. The summed E-state index contributed by atoms with van der Waals surface area (Å²) >= 11 is 0. The molecule has 6 bridgehead atoms. The first-order valence-corrected chi connectivity index (χ1v) is 16.3. The van der Waals surface area contributed by atoms with E-state index in [2.05, 4.69) is 0 Å². The van der Waals surface area contributed by atoms with Crippen molar-refractivity contribution in [1.82, 2.24) is 0 Å². The number of carbonyl (C=O) groups excluding carboxylic acids is 4. The van der Waals surface area contributed by atoms with Crippen LogP contribution in [0.2, 0.25) is 0 Å². The third-order valence-electron chi connectivity index (χ3n) is 12.8. The molecule has 41 heavy (non-hydrogen) atoms. The fourth-order valence-corrected chi connectivity index (χ4v) is 11.1. The van der Waals surface area contributed by atoms with Crippen LogP contribution in [0.3, 0.4) is 0 Å². The van der Waals surface area contributed by atoms with Crippen LogP contribution in [-0.4, -0.2) is 49.3 Å². The molecule has 7 fully saturated rings. The smallest absolute Gasteiger partial charge is 0.311 e. The van der Waals surface area contributed by atoms with Gasteiger partial charge in [0.25, 0.3) is 0 Å². The lowest BCUT2D eigenvalue weighted by atomic mass is 9.70. The van der Waals surface area contributed by atoms with Gasteiger partial charge in [0.1, 0.15) is 18.3 Å². The van der Waals surface area contributed by atoms with E-state index in [1.807, 2.05) is 20.8 Å².